The van der Waals surface area contributed by atoms with Gasteiger partial charge < -0.3 is 51.5 Å². The van der Waals surface area contributed by atoms with E-state index in [0.29, 0.717) is 0 Å². The molecular weight excluding hydrogens is 985 g/mol. The monoisotopic (exact) mass is 1030 g/mol. The zero-order valence-electron chi connectivity index (χ0n) is 36.4. The van der Waals surface area contributed by atoms with E-state index in [-0.39, 0.29) is 123 Å². The summed E-state index contributed by atoms with van der Waals surface area (Å²) >= 11 is 4.00. The smallest absolute Gasteiger partial charge is 0.232 e. The van der Waals surface area contributed by atoms with Gasteiger partial charge in [-0.15, -0.1) is 0 Å². The van der Waals surface area contributed by atoms with Crippen LogP contribution in [-0.4, -0.2) is 168 Å². The lowest BCUT2D eigenvalue weighted by Gasteiger charge is -2.26. The van der Waals surface area contributed by atoms with E-state index >= 15 is 0 Å². The fourth-order valence-corrected chi connectivity index (χ4v) is 10.4. The molecule has 0 bridgehead atoms. The highest BCUT2D eigenvalue weighted by Crippen LogP contribution is 2.44. The minimum atomic E-state index is -1.10. The number of aromatic nitrogens is 6. The summed E-state index contributed by atoms with van der Waals surface area (Å²) in [6.45, 7) is -2.07. The second kappa shape index (κ2) is 22.6. The Kier molecular flexibility index (Phi) is 16.3. The van der Waals surface area contributed by atoms with Crippen molar-refractivity contribution < 1.29 is 60.0 Å². The average molecular weight is 1030 g/mol. The number of carbonyl (C=O) groups is 4. The van der Waals surface area contributed by atoms with Crippen LogP contribution in [-0.2, 0) is 0 Å². The molecule has 0 radical (unpaired) electrons. The number of ketones is 4. The molecule has 0 saturated heterocycles. The van der Waals surface area contributed by atoms with E-state index in [2.05, 4.69) is 40.5 Å². The van der Waals surface area contributed by atoms with Gasteiger partial charge in [0, 0.05) is 56.4 Å². The van der Waals surface area contributed by atoms with Crippen molar-refractivity contribution in [2.45, 2.75) is 45.0 Å². The first kappa shape index (κ1) is 50.6. The summed E-state index contributed by atoms with van der Waals surface area (Å²) in [5, 5.41) is 84.4. The number of aliphatic hydroxyl groups excluding tert-OH is 8. The highest BCUT2D eigenvalue weighted by molar-refractivity contribution is 8.00. The molecule has 70 heavy (non-hydrogen) atoms. The second-order valence-electron chi connectivity index (χ2n) is 15.5. The fourth-order valence-electron chi connectivity index (χ4n) is 7.28. The zero-order valence-corrected chi connectivity index (χ0v) is 39.7. The number of hydrogen-bond acceptors (Lipinski definition) is 24. The van der Waals surface area contributed by atoms with Gasteiger partial charge in [0.2, 0.25) is 11.9 Å². The fraction of sp³-hybridized carbons (Fsp3) is 0.261. The van der Waals surface area contributed by atoms with E-state index in [9.17, 15) is 60.0 Å². The Bertz CT molecular complexity index is 2740. The molecule has 4 atom stereocenters. The van der Waals surface area contributed by atoms with Crippen LogP contribution in [0.15, 0.2) is 93.4 Å². The highest BCUT2D eigenvalue weighted by atomic mass is 32.2. The summed E-state index contributed by atoms with van der Waals surface area (Å²) in [5.74, 6) is -2.40. The summed E-state index contributed by atoms with van der Waals surface area (Å²) in [4.78, 5) is 85.8. The zero-order chi connectivity index (χ0) is 49.6. The predicted molar refractivity (Wildman–Crippen MR) is 260 cm³/mol. The van der Waals surface area contributed by atoms with E-state index in [1.54, 1.807) is 24.3 Å². The van der Waals surface area contributed by atoms with Crippen LogP contribution in [0.25, 0.3) is 11.1 Å². The highest BCUT2D eigenvalue weighted by Gasteiger charge is 2.39. The Balaban J connectivity index is 1.28. The Hall–Kier alpha value is -5.74. The molecule has 0 spiro atoms. The first-order chi connectivity index (χ1) is 33.8. The van der Waals surface area contributed by atoms with Crippen molar-refractivity contribution >= 4 is 93.5 Å². The first-order valence-electron chi connectivity index (χ1n) is 21.3. The lowest BCUT2D eigenvalue weighted by atomic mass is 9.75. The van der Waals surface area contributed by atoms with Crippen molar-refractivity contribution in [2.75, 3.05) is 60.1 Å². The van der Waals surface area contributed by atoms with Crippen molar-refractivity contribution in [2.24, 2.45) is 0 Å². The molecule has 2 aliphatic rings. The second-order valence-corrected chi connectivity index (χ2v) is 19.5. The number of aliphatic hydroxyl groups is 8. The molecule has 20 nitrogen and oxygen atoms in total. The number of fused-ring (bicyclic) bond motifs is 4. The molecule has 2 heterocycles. The molecule has 0 saturated carbocycles. The molecule has 2 aromatic heterocycles. The summed E-state index contributed by atoms with van der Waals surface area (Å²) < 4.78 is 0. The SMILES string of the molecule is O=C1c2ccccc2C(=O)c2c(-c3ccc(Nc4nc(SCC(O)CO)nc(SCC(O)CO)n4)c4c3C(=O)c3ccccc3C4=O)ccc(Nc3nc(SCC(O)CO)nc(SCC(O)CO)n3)c21. The number of carbonyl (C=O) groups excluding carboxylic acids is 4. The van der Waals surface area contributed by atoms with E-state index in [4.69, 9.17) is 0 Å². The molecule has 24 heteroatoms. The molecule has 10 N–H and O–H groups in total. The van der Waals surface area contributed by atoms with Crippen molar-refractivity contribution in [3.05, 3.63) is 117 Å². The molecular formula is C46H42N8O12S4. The van der Waals surface area contributed by atoms with Crippen molar-refractivity contribution in [1.82, 2.24) is 29.9 Å². The number of hydrogen-bond donors (Lipinski definition) is 10. The largest absolute Gasteiger partial charge is 0.394 e. The van der Waals surface area contributed by atoms with Gasteiger partial charge in [-0.25, -0.2) is 0 Å². The minimum absolute atomic E-state index is 0.00415. The Labute approximate surface area is 414 Å². The van der Waals surface area contributed by atoms with Crippen LogP contribution in [0.2, 0.25) is 0 Å². The summed E-state index contributed by atoms with van der Waals surface area (Å²) in [5.41, 5.74) is 0.458. The van der Waals surface area contributed by atoms with Crippen molar-refractivity contribution in [3.63, 3.8) is 0 Å². The number of anilines is 4. The molecule has 0 amide bonds. The average Bonchev–Trinajstić information content (AvgIpc) is 3.38. The van der Waals surface area contributed by atoms with Gasteiger partial charge in [0.25, 0.3) is 0 Å². The molecule has 4 aromatic carbocycles. The van der Waals surface area contributed by atoms with E-state index < -0.39 is 74.0 Å². The maximum absolute atomic E-state index is 14.9. The lowest BCUT2D eigenvalue weighted by molar-refractivity contribution is 0.0978. The molecule has 4 unspecified atom stereocenters. The maximum atomic E-state index is 14.9. The number of benzene rings is 4. The Morgan fingerprint density at radius 3 is 0.914 bits per heavy atom. The van der Waals surface area contributed by atoms with Gasteiger partial charge in [-0.05, 0) is 23.3 Å². The molecule has 6 aromatic rings. The molecule has 2 aliphatic carbocycles. The number of thioether (sulfide) groups is 4. The van der Waals surface area contributed by atoms with Crippen LogP contribution in [0.4, 0.5) is 23.3 Å². The van der Waals surface area contributed by atoms with Gasteiger partial charge in [0.1, 0.15) is 0 Å². The predicted octanol–water partition coefficient (Wildman–Crippen LogP) is 2.54. The van der Waals surface area contributed by atoms with Gasteiger partial charge in [-0.2, -0.15) is 29.9 Å². The third kappa shape index (κ3) is 10.9. The third-order valence-electron chi connectivity index (χ3n) is 10.6. The molecule has 0 fully saturated rings. The van der Waals surface area contributed by atoms with Crippen LogP contribution in [0, 0.1) is 0 Å². The van der Waals surface area contributed by atoms with Gasteiger partial charge in [0.15, 0.2) is 43.8 Å². The van der Waals surface area contributed by atoms with Crippen LogP contribution in [0.1, 0.15) is 63.7 Å². The molecule has 8 rings (SSSR count). The Morgan fingerprint density at radius 1 is 0.371 bits per heavy atom. The van der Waals surface area contributed by atoms with Gasteiger partial charge >= 0.3 is 0 Å². The lowest BCUT2D eigenvalue weighted by Crippen LogP contribution is -2.25. The summed E-state index contributed by atoms with van der Waals surface area (Å²) in [6.07, 6.45) is -4.41. The normalized spacial score (nSPS) is 14.6. The molecule has 0 aliphatic heterocycles. The number of nitrogens with one attached hydrogen (secondary N) is 2. The van der Waals surface area contributed by atoms with E-state index in [1.807, 2.05) is 0 Å². The third-order valence-corrected chi connectivity index (χ3v) is 14.6. The van der Waals surface area contributed by atoms with Crippen molar-refractivity contribution in [1.29, 1.82) is 0 Å². The summed E-state index contributed by atoms with van der Waals surface area (Å²) in [6, 6.07) is 18.6. The molecule has 362 valence electrons. The van der Waals surface area contributed by atoms with Gasteiger partial charge in [-0.3, -0.25) is 19.2 Å². The van der Waals surface area contributed by atoms with Crippen LogP contribution < -0.4 is 10.6 Å². The van der Waals surface area contributed by atoms with Gasteiger partial charge in [0.05, 0.1) is 73.3 Å². The van der Waals surface area contributed by atoms with Crippen LogP contribution in [0.5, 0.6) is 0 Å². The Morgan fingerprint density at radius 2 is 0.643 bits per heavy atom. The van der Waals surface area contributed by atoms with Crippen LogP contribution in [0.3, 0.4) is 0 Å². The minimum Gasteiger partial charge on any atom is -0.394 e. The first-order valence-corrected chi connectivity index (χ1v) is 25.2. The van der Waals surface area contributed by atoms with Gasteiger partial charge in [-0.1, -0.05) is 108 Å². The quantitative estimate of drug-likeness (QED) is 0.0462. The maximum Gasteiger partial charge on any atom is 0.232 e. The summed E-state index contributed by atoms with van der Waals surface area (Å²) in [7, 11) is 0. The standard InChI is InChI=1S/C46H42N8O12S4/c55-13-21(59)17-67-43-49-41(50-44(53-43)68-18-22(60)14-56)47-31-11-9-25(33-35(31)39(65)29-7-3-1-5-27(29)37(33)63)26-10-12-32(36-34(26)38(64)28-6-2-4-8-30(28)40(36)66)48-42-51-45(69-19-23(61)15-57)54-46(52-42)70-20-24(62)16-58/h1-12,21-24,55-62H,13-20H2,(H,47,49,50,53)(H,48,51,52,54). The topological polar surface area (TPSA) is 332 Å². The van der Waals surface area contributed by atoms with E-state index in [1.165, 1.54) is 48.5 Å². The number of rotatable bonds is 21. The van der Waals surface area contributed by atoms with Crippen molar-refractivity contribution in [3.8, 4) is 11.1 Å². The number of nitrogens with zero attached hydrogens (tertiary/aromatic N) is 6. The van der Waals surface area contributed by atoms with Crippen LogP contribution >= 0.6 is 47.0 Å². The van der Waals surface area contributed by atoms with E-state index in [0.717, 1.165) is 47.0 Å².